The van der Waals surface area contributed by atoms with Crippen LogP contribution >= 0.6 is 48.0 Å². The van der Waals surface area contributed by atoms with Gasteiger partial charge in [-0.1, -0.05) is 29.3 Å². The zero-order valence-electron chi connectivity index (χ0n) is 17.0. The van der Waals surface area contributed by atoms with Crippen LogP contribution in [-0.2, 0) is 0 Å². The monoisotopic (exact) mass is 507 g/mol. The number of nitrogens with one attached hydrogen (secondary N) is 2. The molecule has 0 aliphatic carbocycles. The third kappa shape index (κ3) is 5.83. The summed E-state index contributed by atoms with van der Waals surface area (Å²) in [6.07, 6.45) is 2.45. The summed E-state index contributed by atoms with van der Waals surface area (Å²) in [5, 5.41) is 7.01. The molecule has 1 fully saturated rings. The molecule has 0 amide bonds. The number of aromatic amines is 1. The van der Waals surface area contributed by atoms with Gasteiger partial charge in [-0.2, -0.15) is 9.50 Å². The standard InChI is InChI=1S/C19H23Cl2N7O.2ClH/c1-26-8-10-27(11-9-26)7-3-6-22-18-24-19-23-12-13(17(29)28(19)25-18)16-14(20)4-2-5-15(16)21;;/h2,4-5,12H,3,6-11H2,1H3,(H2,22,23,24,25);2*1H. The molecular weight excluding hydrogens is 484 g/mol. The Morgan fingerprint density at radius 3 is 2.48 bits per heavy atom. The predicted octanol–water partition coefficient (Wildman–Crippen LogP) is 3.28. The summed E-state index contributed by atoms with van der Waals surface area (Å²) in [6, 6.07) is 5.12. The number of H-pyrrole nitrogens is 1. The quantitative estimate of drug-likeness (QED) is 0.497. The molecule has 1 aliphatic rings. The fraction of sp³-hybridized carbons (Fsp3) is 0.421. The molecule has 4 rings (SSSR count). The Morgan fingerprint density at radius 2 is 1.81 bits per heavy atom. The molecule has 170 valence electrons. The van der Waals surface area contributed by atoms with Crippen molar-refractivity contribution in [2.45, 2.75) is 6.42 Å². The van der Waals surface area contributed by atoms with Crippen LogP contribution in [0, 0.1) is 0 Å². The lowest BCUT2D eigenvalue weighted by atomic mass is 10.1. The molecule has 1 saturated heterocycles. The first-order valence-electron chi connectivity index (χ1n) is 9.60. The minimum absolute atomic E-state index is 0. The third-order valence-corrected chi connectivity index (χ3v) is 5.77. The lowest BCUT2D eigenvalue weighted by Crippen LogP contribution is -2.44. The molecular formula is C19H25Cl4N7O. The molecule has 3 aromatic rings. The highest BCUT2D eigenvalue weighted by Crippen LogP contribution is 2.32. The van der Waals surface area contributed by atoms with Crippen molar-refractivity contribution >= 4 is 59.7 Å². The van der Waals surface area contributed by atoms with Crippen molar-refractivity contribution in [3.8, 4) is 11.1 Å². The van der Waals surface area contributed by atoms with E-state index in [1.54, 1.807) is 18.2 Å². The lowest BCUT2D eigenvalue weighted by Gasteiger charge is -2.32. The highest BCUT2D eigenvalue weighted by molar-refractivity contribution is 6.39. The average Bonchev–Trinajstić information content (AvgIpc) is 3.12. The number of likely N-dealkylation sites (N-methyl/N-ethyl adjacent to an activating group) is 1. The van der Waals surface area contributed by atoms with Gasteiger partial charge in [0, 0.05) is 44.5 Å². The van der Waals surface area contributed by atoms with Crippen molar-refractivity contribution in [1.29, 1.82) is 0 Å². The van der Waals surface area contributed by atoms with E-state index in [9.17, 15) is 4.79 Å². The number of piperazine rings is 1. The van der Waals surface area contributed by atoms with Gasteiger partial charge in [0.1, 0.15) is 0 Å². The largest absolute Gasteiger partial charge is 0.355 e. The molecule has 0 bridgehead atoms. The maximum Gasteiger partial charge on any atom is 0.281 e. The van der Waals surface area contributed by atoms with E-state index in [1.165, 1.54) is 10.7 Å². The number of halogens is 4. The molecule has 0 unspecified atom stereocenters. The molecule has 1 aromatic carbocycles. The summed E-state index contributed by atoms with van der Waals surface area (Å²) in [4.78, 5) is 26.3. The van der Waals surface area contributed by atoms with Gasteiger partial charge in [-0.3, -0.25) is 9.89 Å². The second kappa shape index (κ2) is 11.4. The molecule has 0 spiro atoms. The van der Waals surface area contributed by atoms with Crippen LogP contribution in [0.4, 0.5) is 5.95 Å². The summed E-state index contributed by atoms with van der Waals surface area (Å²) >= 11 is 12.5. The fourth-order valence-electron chi connectivity index (χ4n) is 3.44. The van der Waals surface area contributed by atoms with E-state index in [0.717, 1.165) is 45.7 Å². The molecule has 12 heteroatoms. The smallest absolute Gasteiger partial charge is 0.281 e. The first-order valence-corrected chi connectivity index (χ1v) is 10.4. The first kappa shape index (κ1) is 25.7. The molecule has 1 aliphatic heterocycles. The fourth-order valence-corrected chi connectivity index (χ4v) is 4.04. The molecule has 2 N–H and O–H groups in total. The van der Waals surface area contributed by atoms with E-state index in [0.29, 0.717) is 32.9 Å². The Hall–Kier alpha value is -1.55. The van der Waals surface area contributed by atoms with Crippen LogP contribution in [0.1, 0.15) is 6.42 Å². The first-order chi connectivity index (χ1) is 14.0. The normalized spacial score (nSPS) is 14.8. The van der Waals surface area contributed by atoms with Gasteiger partial charge in [-0.15, -0.1) is 24.8 Å². The van der Waals surface area contributed by atoms with Crippen LogP contribution in [0.3, 0.4) is 0 Å². The van der Waals surface area contributed by atoms with Crippen molar-refractivity contribution < 1.29 is 0 Å². The van der Waals surface area contributed by atoms with E-state index in [-0.39, 0.29) is 30.4 Å². The van der Waals surface area contributed by atoms with Crippen molar-refractivity contribution in [3.05, 3.63) is 44.8 Å². The Balaban J connectivity index is 0.00000171. The zero-order chi connectivity index (χ0) is 20.4. The number of fused-ring (bicyclic) bond motifs is 1. The van der Waals surface area contributed by atoms with Crippen LogP contribution in [0.25, 0.3) is 16.9 Å². The van der Waals surface area contributed by atoms with Gasteiger partial charge in [0.05, 0.1) is 15.6 Å². The van der Waals surface area contributed by atoms with Gasteiger partial charge in [-0.05, 0) is 32.1 Å². The minimum Gasteiger partial charge on any atom is -0.355 e. The van der Waals surface area contributed by atoms with Crippen molar-refractivity contribution in [2.24, 2.45) is 0 Å². The van der Waals surface area contributed by atoms with Crippen molar-refractivity contribution in [3.63, 3.8) is 0 Å². The molecule has 31 heavy (non-hydrogen) atoms. The number of nitrogens with zero attached hydrogens (tertiary/aromatic N) is 5. The van der Waals surface area contributed by atoms with Crippen LogP contribution < -0.4 is 10.9 Å². The van der Waals surface area contributed by atoms with E-state index < -0.39 is 0 Å². The van der Waals surface area contributed by atoms with Gasteiger partial charge in [0.15, 0.2) is 0 Å². The predicted molar refractivity (Wildman–Crippen MR) is 131 cm³/mol. The molecule has 2 aromatic heterocycles. The summed E-state index contributed by atoms with van der Waals surface area (Å²) in [5.74, 6) is 0.805. The van der Waals surface area contributed by atoms with Gasteiger partial charge in [0.2, 0.25) is 5.95 Å². The summed E-state index contributed by atoms with van der Waals surface area (Å²) in [6.45, 7) is 6.23. The molecule has 3 heterocycles. The molecule has 0 saturated carbocycles. The number of hydrogen-bond donors (Lipinski definition) is 2. The average molecular weight is 509 g/mol. The van der Waals surface area contributed by atoms with E-state index in [4.69, 9.17) is 23.2 Å². The van der Waals surface area contributed by atoms with Crippen molar-refractivity contribution in [1.82, 2.24) is 29.4 Å². The second-order valence-electron chi connectivity index (χ2n) is 7.21. The summed E-state index contributed by atoms with van der Waals surface area (Å²) < 4.78 is 1.30. The highest BCUT2D eigenvalue weighted by atomic mass is 35.5. The van der Waals surface area contributed by atoms with Gasteiger partial charge < -0.3 is 15.1 Å². The van der Waals surface area contributed by atoms with Gasteiger partial charge in [-0.25, -0.2) is 4.98 Å². The van der Waals surface area contributed by atoms with Crippen LogP contribution in [0.2, 0.25) is 10.0 Å². The van der Waals surface area contributed by atoms with Crippen LogP contribution in [0.5, 0.6) is 0 Å². The third-order valence-electron chi connectivity index (χ3n) is 5.14. The number of hydrogen-bond acceptors (Lipinski definition) is 6. The molecule has 0 atom stereocenters. The zero-order valence-corrected chi connectivity index (χ0v) is 20.1. The van der Waals surface area contributed by atoms with Gasteiger partial charge >= 0.3 is 0 Å². The minimum atomic E-state index is -0.303. The summed E-state index contributed by atoms with van der Waals surface area (Å²) in [5.41, 5.74) is 0.491. The van der Waals surface area contributed by atoms with E-state index in [1.807, 2.05) is 0 Å². The Morgan fingerprint density at radius 1 is 1.13 bits per heavy atom. The number of rotatable bonds is 6. The number of benzene rings is 1. The molecule has 8 nitrogen and oxygen atoms in total. The second-order valence-corrected chi connectivity index (χ2v) is 8.02. The Kier molecular flexibility index (Phi) is 9.42. The van der Waals surface area contributed by atoms with Gasteiger partial charge in [0.25, 0.3) is 11.3 Å². The Bertz CT molecular complexity index is 1040. The topological polar surface area (TPSA) is 81.6 Å². The van der Waals surface area contributed by atoms with E-state index in [2.05, 4.69) is 37.2 Å². The summed E-state index contributed by atoms with van der Waals surface area (Å²) in [7, 11) is 2.15. The highest BCUT2D eigenvalue weighted by Gasteiger charge is 2.16. The number of aromatic nitrogens is 4. The van der Waals surface area contributed by atoms with Crippen LogP contribution in [-0.4, -0.2) is 75.7 Å². The maximum atomic E-state index is 12.9. The SMILES string of the molecule is CN1CCN(CCCNc2nc3ncc(-c4c(Cl)cccc4Cl)c(=O)n3[nH]2)CC1.Cl.Cl. The van der Waals surface area contributed by atoms with E-state index >= 15 is 0 Å². The molecule has 0 radical (unpaired) electrons. The van der Waals surface area contributed by atoms with Crippen molar-refractivity contribution in [2.75, 3.05) is 51.6 Å². The van der Waals surface area contributed by atoms with Crippen LogP contribution in [0.15, 0.2) is 29.2 Å². The maximum absolute atomic E-state index is 12.9. The number of anilines is 1. The lowest BCUT2D eigenvalue weighted by molar-refractivity contribution is 0.154. The Labute approximate surface area is 202 Å².